The zero-order chi connectivity index (χ0) is 13.8. The van der Waals surface area contributed by atoms with Gasteiger partial charge in [-0.2, -0.15) is 0 Å². The lowest BCUT2D eigenvalue weighted by molar-refractivity contribution is 0.572. The van der Waals surface area contributed by atoms with E-state index in [0.717, 1.165) is 6.07 Å². The van der Waals surface area contributed by atoms with E-state index < -0.39 is 17.5 Å². The van der Waals surface area contributed by atoms with Crippen LogP contribution >= 0.6 is 0 Å². The predicted octanol–water partition coefficient (Wildman–Crippen LogP) is 3.34. The molecule has 0 bridgehead atoms. The van der Waals surface area contributed by atoms with Gasteiger partial charge in [-0.05, 0) is 36.2 Å². The fraction of sp³-hybridized carbons (Fsp3) is 0.143. The molecule has 0 atom stereocenters. The molecule has 0 heterocycles. The van der Waals surface area contributed by atoms with E-state index in [1.54, 1.807) is 0 Å². The molecule has 0 aliphatic carbocycles. The molecule has 19 heavy (non-hydrogen) atoms. The second-order valence-corrected chi connectivity index (χ2v) is 4.14. The molecule has 100 valence electrons. The van der Waals surface area contributed by atoms with Gasteiger partial charge in [0.15, 0.2) is 0 Å². The van der Waals surface area contributed by atoms with Crippen molar-refractivity contribution in [3.63, 3.8) is 0 Å². The van der Waals surface area contributed by atoms with Gasteiger partial charge in [-0.15, -0.1) is 0 Å². The maximum atomic E-state index is 13.4. The molecule has 0 aromatic heterocycles. The lowest BCUT2D eigenvalue weighted by atomic mass is 10.1. The fourth-order valence-electron chi connectivity index (χ4n) is 1.74. The number of nitrogens with two attached hydrogens (primary N) is 1. The Kier molecular flexibility index (Phi) is 3.94. The Morgan fingerprint density at radius 1 is 0.947 bits per heavy atom. The molecule has 0 aliphatic heterocycles. The minimum absolute atomic E-state index is 0.349. The summed E-state index contributed by atoms with van der Waals surface area (Å²) in [5.74, 6) is -1.60. The van der Waals surface area contributed by atoms with Crippen LogP contribution in [-0.2, 0) is 6.42 Å². The van der Waals surface area contributed by atoms with Crippen molar-refractivity contribution in [3.8, 4) is 0 Å². The summed E-state index contributed by atoms with van der Waals surface area (Å²) < 4.78 is 39.1. The molecule has 2 nitrogen and oxygen atoms in total. The number of rotatable bonds is 4. The fourth-order valence-corrected chi connectivity index (χ4v) is 1.74. The Bertz CT molecular complexity index is 585. The lowest BCUT2D eigenvalue weighted by Crippen LogP contribution is -2.08. The second kappa shape index (κ2) is 5.65. The van der Waals surface area contributed by atoms with E-state index in [9.17, 15) is 13.2 Å². The number of hydrogen-bond donors (Lipinski definition) is 2. The van der Waals surface area contributed by atoms with Gasteiger partial charge >= 0.3 is 0 Å². The summed E-state index contributed by atoms with van der Waals surface area (Å²) in [7, 11) is 0. The van der Waals surface area contributed by atoms with Crippen LogP contribution in [0.5, 0.6) is 0 Å². The van der Waals surface area contributed by atoms with E-state index in [1.165, 1.54) is 30.3 Å². The summed E-state index contributed by atoms with van der Waals surface area (Å²) in [6.07, 6.45) is 0.349. The molecule has 2 aromatic rings. The van der Waals surface area contributed by atoms with Gasteiger partial charge in [0.1, 0.15) is 17.5 Å². The highest BCUT2D eigenvalue weighted by molar-refractivity contribution is 5.65. The highest BCUT2D eigenvalue weighted by atomic mass is 19.1. The van der Waals surface area contributed by atoms with Crippen LogP contribution in [0.15, 0.2) is 36.4 Å². The normalized spacial score (nSPS) is 10.5. The van der Waals surface area contributed by atoms with Crippen molar-refractivity contribution < 1.29 is 13.2 Å². The van der Waals surface area contributed by atoms with E-state index in [2.05, 4.69) is 5.32 Å². The molecule has 0 fully saturated rings. The van der Waals surface area contributed by atoms with E-state index in [0.29, 0.717) is 29.9 Å². The minimum Gasteiger partial charge on any atom is -0.397 e. The Morgan fingerprint density at radius 2 is 1.63 bits per heavy atom. The van der Waals surface area contributed by atoms with Gasteiger partial charge in [-0.25, -0.2) is 13.2 Å². The molecular formula is C14H13F3N2. The summed E-state index contributed by atoms with van der Waals surface area (Å²) in [6, 6.07) is 7.43. The molecule has 2 aromatic carbocycles. The van der Waals surface area contributed by atoms with Crippen molar-refractivity contribution in [2.75, 3.05) is 17.6 Å². The van der Waals surface area contributed by atoms with E-state index in [1.807, 2.05) is 0 Å². The summed E-state index contributed by atoms with van der Waals surface area (Å²) in [6.45, 7) is 0.371. The Labute approximate surface area is 109 Å². The quantitative estimate of drug-likeness (QED) is 0.833. The third-order valence-corrected chi connectivity index (χ3v) is 2.74. The van der Waals surface area contributed by atoms with Crippen LogP contribution < -0.4 is 11.1 Å². The third kappa shape index (κ3) is 3.40. The standard InChI is InChI=1S/C14H13F3N2/c15-10-2-1-9(12(17)7-10)5-6-19-14-8-11(16)3-4-13(14)18/h1-4,7-8,19H,5-6,18H2. The first kappa shape index (κ1) is 13.3. The first-order valence-corrected chi connectivity index (χ1v) is 5.79. The monoisotopic (exact) mass is 266 g/mol. The Hall–Kier alpha value is -2.17. The van der Waals surface area contributed by atoms with Gasteiger partial charge in [0.25, 0.3) is 0 Å². The van der Waals surface area contributed by atoms with Crippen molar-refractivity contribution in [1.82, 2.24) is 0 Å². The Morgan fingerprint density at radius 3 is 2.37 bits per heavy atom. The molecule has 0 spiro atoms. The van der Waals surface area contributed by atoms with Gasteiger partial charge in [0.05, 0.1) is 11.4 Å². The van der Waals surface area contributed by atoms with Crippen molar-refractivity contribution in [2.24, 2.45) is 0 Å². The third-order valence-electron chi connectivity index (χ3n) is 2.74. The largest absolute Gasteiger partial charge is 0.397 e. The molecular weight excluding hydrogens is 253 g/mol. The molecule has 0 amide bonds. The van der Waals surface area contributed by atoms with Gasteiger partial charge in [0, 0.05) is 12.6 Å². The first-order valence-electron chi connectivity index (χ1n) is 5.79. The molecule has 3 N–H and O–H groups in total. The molecule has 0 unspecified atom stereocenters. The Balaban J connectivity index is 1.98. The number of nitrogens with one attached hydrogen (secondary N) is 1. The summed E-state index contributed by atoms with van der Waals surface area (Å²) in [4.78, 5) is 0. The van der Waals surface area contributed by atoms with Gasteiger partial charge in [-0.3, -0.25) is 0 Å². The van der Waals surface area contributed by atoms with Crippen molar-refractivity contribution in [1.29, 1.82) is 0 Å². The van der Waals surface area contributed by atoms with Crippen molar-refractivity contribution in [3.05, 3.63) is 59.4 Å². The molecule has 0 aliphatic rings. The van der Waals surface area contributed by atoms with Gasteiger partial charge < -0.3 is 11.1 Å². The topological polar surface area (TPSA) is 38.0 Å². The van der Waals surface area contributed by atoms with Crippen LogP contribution in [0.25, 0.3) is 0 Å². The number of hydrogen-bond acceptors (Lipinski definition) is 2. The zero-order valence-corrected chi connectivity index (χ0v) is 10.1. The maximum absolute atomic E-state index is 13.4. The van der Waals surface area contributed by atoms with E-state index in [4.69, 9.17) is 5.73 Å². The number of anilines is 2. The van der Waals surface area contributed by atoms with Crippen LogP contribution in [0.1, 0.15) is 5.56 Å². The van der Waals surface area contributed by atoms with Crippen LogP contribution in [0, 0.1) is 17.5 Å². The highest BCUT2D eigenvalue weighted by Crippen LogP contribution is 2.19. The van der Waals surface area contributed by atoms with Gasteiger partial charge in [0.2, 0.25) is 0 Å². The molecule has 0 radical (unpaired) electrons. The SMILES string of the molecule is Nc1ccc(F)cc1NCCc1ccc(F)cc1F. The summed E-state index contributed by atoms with van der Waals surface area (Å²) >= 11 is 0. The van der Waals surface area contributed by atoms with E-state index in [-0.39, 0.29) is 0 Å². The summed E-state index contributed by atoms with van der Waals surface area (Å²) in [5.41, 5.74) is 6.94. The van der Waals surface area contributed by atoms with E-state index >= 15 is 0 Å². The smallest absolute Gasteiger partial charge is 0.129 e. The number of halogens is 3. The van der Waals surface area contributed by atoms with Crippen LogP contribution in [0.4, 0.5) is 24.5 Å². The molecule has 2 rings (SSSR count). The van der Waals surface area contributed by atoms with Crippen molar-refractivity contribution >= 4 is 11.4 Å². The predicted molar refractivity (Wildman–Crippen MR) is 69.4 cm³/mol. The second-order valence-electron chi connectivity index (χ2n) is 4.14. The molecule has 5 heteroatoms. The van der Waals surface area contributed by atoms with Gasteiger partial charge in [-0.1, -0.05) is 6.07 Å². The van der Waals surface area contributed by atoms with Crippen molar-refractivity contribution in [2.45, 2.75) is 6.42 Å². The van der Waals surface area contributed by atoms with Crippen LogP contribution in [0.3, 0.4) is 0 Å². The minimum atomic E-state index is -0.608. The average molecular weight is 266 g/mol. The number of nitrogen functional groups attached to an aromatic ring is 1. The zero-order valence-electron chi connectivity index (χ0n) is 10.1. The summed E-state index contributed by atoms with van der Waals surface area (Å²) in [5, 5.41) is 2.92. The first-order chi connectivity index (χ1) is 9.06. The molecule has 0 saturated carbocycles. The average Bonchev–Trinajstić information content (AvgIpc) is 2.36. The highest BCUT2D eigenvalue weighted by Gasteiger charge is 2.05. The van der Waals surface area contributed by atoms with Crippen LogP contribution in [0.2, 0.25) is 0 Å². The maximum Gasteiger partial charge on any atom is 0.129 e. The number of benzene rings is 2. The van der Waals surface area contributed by atoms with Crippen LogP contribution in [-0.4, -0.2) is 6.54 Å². The molecule has 0 saturated heterocycles. The lowest BCUT2D eigenvalue weighted by Gasteiger charge is -2.09.